The first-order valence-electron chi connectivity index (χ1n) is 6.02. The van der Waals surface area contributed by atoms with Crippen LogP contribution >= 0.6 is 23.2 Å². The van der Waals surface area contributed by atoms with Crippen LogP contribution in [0, 0.1) is 6.92 Å². The van der Waals surface area contributed by atoms with Crippen molar-refractivity contribution in [1.82, 2.24) is 9.78 Å². The molecule has 0 saturated heterocycles. The number of anilines is 2. The first kappa shape index (κ1) is 14.7. The number of hydrogen-bond donors (Lipinski definition) is 2. The van der Waals surface area contributed by atoms with Crippen molar-refractivity contribution >= 4 is 40.5 Å². The van der Waals surface area contributed by atoms with Gasteiger partial charge in [0.2, 0.25) is 0 Å². The minimum atomic E-state index is -0.344. The highest BCUT2D eigenvalue weighted by Crippen LogP contribution is 2.24. The predicted octanol–water partition coefficient (Wildman–Crippen LogP) is 3.35. The molecule has 0 unspecified atom stereocenters. The number of halogens is 2. The maximum atomic E-state index is 12.3. The molecule has 5 nitrogen and oxygen atoms in total. The van der Waals surface area contributed by atoms with Crippen molar-refractivity contribution in [2.45, 2.75) is 20.4 Å². The van der Waals surface area contributed by atoms with Crippen LogP contribution in [0.2, 0.25) is 10.0 Å². The molecule has 0 spiro atoms. The number of nitrogens with zero attached hydrogens (tertiary/aromatic N) is 2. The number of nitrogens with two attached hydrogens (primary N) is 1. The van der Waals surface area contributed by atoms with Gasteiger partial charge in [0.15, 0.2) is 0 Å². The molecular weight excluding hydrogens is 299 g/mol. The monoisotopic (exact) mass is 312 g/mol. The summed E-state index contributed by atoms with van der Waals surface area (Å²) in [4.78, 5) is 12.3. The first-order valence-corrected chi connectivity index (χ1v) is 6.78. The third-order valence-electron chi connectivity index (χ3n) is 2.81. The summed E-state index contributed by atoms with van der Waals surface area (Å²) in [6.45, 7) is 4.20. The summed E-state index contributed by atoms with van der Waals surface area (Å²) in [5, 5.41) is 7.82. The van der Waals surface area contributed by atoms with Gasteiger partial charge < -0.3 is 11.1 Å². The Balaban J connectivity index is 2.33. The summed E-state index contributed by atoms with van der Waals surface area (Å²) in [6, 6.07) is 4.82. The van der Waals surface area contributed by atoms with E-state index in [1.165, 1.54) is 0 Å². The van der Waals surface area contributed by atoms with E-state index < -0.39 is 0 Å². The summed E-state index contributed by atoms with van der Waals surface area (Å²) in [5.41, 5.74) is 7.74. The Kier molecular flexibility index (Phi) is 4.20. The van der Waals surface area contributed by atoms with Crippen molar-refractivity contribution in [3.63, 3.8) is 0 Å². The number of aromatic nitrogens is 2. The standard InChI is InChI=1S/C13H14Cl2N4O/c1-3-19-12(11(16)7(2)18-19)13(20)17-10-5-8(14)4-9(15)6-10/h4-6H,3,16H2,1-2H3,(H,17,20). The summed E-state index contributed by atoms with van der Waals surface area (Å²) < 4.78 is 1.56. The van der Waals surface area contributed by atoms with E-state index in [1.54, 1.807) is 29.8 Å². The topological polar surface area (TPSA) is 72.9 Å². The average Bonchev–Trinajstić information content (AvgIpc) is 2.63. The molecule has 0 saturated carbocycles. The second-order valence-corrected chi connectivity index (χ2v) is 5.15. The SMILES string of the molecule is CCn1nc(C)c(N)c1C(=O)Nc1cc(Cl)cc(Cl)c1. The van der Waals surface area contributed by atoms with Gasteiger partial charge in [-0.25, -0.2) is 0 Å². The molecule has 106 valence electrons. The van der Waals surface area contributed by atoms with Crippen molar-refractivity contribution in [2.75, 3.05) is 11.1 Å². The van der Waals surface area contributed by atoms with Crippen LogP contribution in [0.3, 0.4) is 0 Å². The zero-order valence-electron chi connectivity index (χ0n) is 11.1. The molecule has 20 heavy (non-hydrogen) atoms. The lowest BCUT2D eigenvalue weighted by Gasteiger charge is -2.08. The molecule has 2 rings (SSSR count). The Morgan fingerprint density at radius 2 is 1.95 bits per heavy atom. The number of carbonyl (C=O) groups is 1. The minimum absolute atomic E-state index is 0.334. The Morgan fingerprint density at radius 1 is 1.35 bits per heavy atom. The van der Waals surface area contributed by atoms with Gasteiger partial charge in [-0.3, -0.25) is 9.48 Å². The molecule has 1 aromatic carbocycles. The molecule has 0 aliphatic rings. The molecule has 0 aliphatic carbocycles. The molecule has 1 amide bonds. The summed E-state index contributed by atoms with van der Waals surface area (Å²) in [6.07, 6.45) is 0. The highest BCUT2D eigenvalue weighted by Gasteiger charge is 2.19. The Morgan fingerprint density at radius 3 is 2.50 bits per heavy atom. The first-order chi connectivity index (χ1) is 9.42. The van der Waals surface area contributed by atoms with Crippen LogP contribution in [0.1, 0.15) is 23.1 Å². The smallest absolute Gasteiger partial charge is 0.276 e. The molecule has 1 heterocycles. The highest BCUT2D eigenvalue weighted by atomic mass is 35.5. The molecule has 7 heteroatoms. The van der Waals surface area contributed by atoms with E-state index in [2.05, 4.69) is 10.4 Å². The van der Waals surface area contributed by atoms with Gasteiger partial charge in [-0.1, -0.05) is 23.2 Å². The molecular formula is C13H14Cl2N4O. The molecule has 0 atom stereocenters. The van der Waals surface area contributed by atoms with Gasteiger partial charge in [0.1, 0.15) is 5.69 Å². The van der Waals surface area contributed by atoms with Crippen LogP contribution < -0.4 is 11.1 Å². The van der Waals surface area contributed by atoms with Gasteiger partial charge in [0.05, 0.1) is 11.4 Å². The quantitative estimate of drug-likeness (QED) is 0.912. The summed E-state index contributed by atoms with van der Waals surface area (Å²) in [5.74, 6) is -0.344. The summed E-state index contributed by atoms with van der Waals surface area (Å²) in [7, 11) is 0. The molecule has 1 aromatic heterocycles. The van der Waals surface area contributed by atoms with Crippen LogP contribution in [0.15, 0.2) is 18.2 Å². The number of carbonyl (C=O) groups excluding carboxylic acids is 1. The Labute approximate surface area is 126 Å². The number of rotatable bonds is 3. The highest BCUT2D eigenvalue weighted by molar-refractivity contribution is 6.35. The molecule has 0 radical (unpaired) electrons. The van der Waals surface area contributed by atoms with Crippen LogP contribution in [-0.4, -0.2) is 15.7 Å². The largest absolute Gasteiger partial charge is 0.395 e. The molecule has 0 bridgehead atoms. The second-order valence-electron chi connectivity index (χ2n) is 4.28. The van der Waals surface area contributed by atoms with E-state index in [9.17, 15) is 4.79 Å². The van der Waals surface area contributed by atoms with Crippen LogP contribution in [-0.2, 0) is 6.54 Å². The van der Waals surface area contributed by atoms with Crippen molar-refractivity contribution < 1.29 is 4.79 Å². The van der Waals surface area contributed by atoms with Crippen LogP contribution in [0.5, 0.6) is 0 Å². The lowest BCUT2D eigenvalue weighted by Crippen LogP contribution is -2.18. The Bertz CT molecular complexity index is 646. The second kappa shape index (κ2) is 5.73. The fourth-order valence-corrected chi connectivity index (χ4v) is 2.41. The molecule has 2 aromatic rings. The van der Waals surface area contributed by atoms with Gasteiger partial charge in [0, 0.05) is 22.3 Å². The van der Waals surface area contributed by atoms with Crippen molar-refractivity contribution in [3.05, 3.63) is 39.6 Å². The third-order valence-corrected chi connectivity index (χ3v) is 3.25. The number of nitrogens with one attached hydrogen (secondary N) is 1. The molecule has 3 N–H and O–H groups in total. The van der Waals surface area contributed by atoms with Crippen molar-refractivity contribution in [1.29, 1.82) is 0 Å². The number of aryl methyl sites for hydroxylation is 2. The maximum Gasteiger partial charge on any atom is 0.276 e. The van der Waals surface area contributed by atoms with Gasteiger partial charge in [-0.05, 0) is 32.0 Å². The van der Waals surface area contributed by atoms with Crippen molar-refractivity contribution in [2.24, 2.45) is 0 Å². The van der Waals surface area contributed by atoms with Gasteiger partial charge in [0.25, 0.3) is 5.91 Å². The van der Waals surface area contributed by atoms with Gasteiger partial charge >= 0.3 is 0 Å². The van der Waals surface area contributed by atoms with E-state index in [4.69, 9.17) is 28.9 Å². The van der Waals surface area contributed by atoms with Crippen LogP contribution in [0.25, 0.3) is 0 Å². The number of benzene rings is 1. The third kappa shape index (κ3) is 2.89. The molecule has 0 aliphatic heterocycles. The average molecular weight is 313 g/mol. The normalized spacial score (nSPS) is 10.6. The van der Waals surface area contributed by atoms with E-state index in [1.807, 2.05) is 6.92 Å². The fraction of sp³-hybridized carbons (Fsp3) is 0.231. The number of hydrogen-bond acceptors (Lipinski definition) is 3. The van der Waals surface area contributed by atoms with Gasteiger partial charge in [-0.2, -0.15) is 5.10 Å². The van der Waals surface area contributed by atoms with Crippen LogP contribution in [0.4, 0.5) is 11.4 Å². The zero-order valence-corrected chi connectivity index (χ0v) is 12.6. The minimum Gasteiger partial charge on any atom is -0.395 e. The Hall–Kier alpha value is -1.72. The van der Waals surface area contributed by atoms with Gasteiger partial charge in [-0.15, -0.1) is 0 Å². The fourth-order valence-electron chi connectivity index (χ4n) is 1.88. The number of amides is 1. The lowest BCUT2D eigenvalue weighted by atomic mass is 10.2. The maximum absolute atomic E-state index is 12.3. The molecule has 0 fully saturated rings. The van der Waals surface area contributed by atoms with E-state index in [-0.39, 0.29) is 5.91 Å². The van der Waals surface area contributed by atoms with E-state index in [0.717, 1.165) is 0 Å². The van der Waals surface area contributed by atoms with Crippen molar-refractivity contribution in [3.8, 4) is 0 Å². The predicted molar refractivity (Wildman–Crippen MR) is 81.5 cm³/mol. The lowest BCUT2D eigenvalue weighted by molar-refractivity contribution is 0.101. The van der Waals surface area contributed by atoms with E-state index in [0.29, 0.717) is 39.4 Å². The number of nitrogen functional groups attached to an aromatic ring is 1. The van der Waals surface area contributed by atoms with E-state index >= 15 is 0 Å². The zero-order chi connectivity index (χ0) is 14.9. The summed E-state index contributed by atoms with van der Waals surface area (Å²) >= 11 is 11.8.